The van der Waals surface area contributed by atoms with Gasteiger partial charge in [0.25, 0.3) is 5.56 Å². The zero-order valence-corrected chi connectivity index (χ0v) is 14.2. The molecule has 0 saturated carbocycles. The van der Waals surface area contributed by atoms with Crippen LogP contribution in [0.25, 0.3) is 16.9 Å². The van der Waals surface area contributed by atoms with E-state index in [0.29, 0.717) is 0 Å². The van der Waals surface area contributed by atoms with Gasteiger partial charge in [-0.25, -0.2) is 0 Å². The largest absolute Gasteiger partial charge is 0.354 e. The van der Waals surface area contributed by atoms with Gasteiger partial charge in [-0.05, 0) is 30.3 Å². The number of hydrogen-bond donors (Lipinski definition) is 1. The van der Waals surface area contributed by atoms with Crippen molar-refractivity contribution in [3.8, 4) is 16.9 Å². The summed E-state index contributed by atoms with van der Waals surface area (Å²) in [6, 6.07) is 33.1. The number of pyridine rings is 1. The Labute approximate surface area is 152 Å². The van der Waals surface area contributed by atoms with Gasteiger partial charge in [0.2, 0.25) is 0 Å². The summed E-state index contributed by atoms with van der Waals surface area (Å²) < 4.78 is 1.75. The Morgan fingerprint density at radius 3 is 1.85 bits per heavy atom. The SMILES string of the molecule is O=c1ccc(Nc2ccccc2)c(-c2ccccc2)n1-c1ccccc1. The fourth-order valence-electron chi connectivity index (χ4n) is 3.03. The molecule has 4 aromatic rings. The summed E-state index contributed by atoms with van der Waals surface area (Å²) in [5, 5.41) is 3.45. The third-order valence-corrected chi connectivity index (χ3v) is 4.21. The van der Waals surface area contributed by atoms with Gasteiger partial charge in [-0.15, -0.1) is 0 Å². The Morgan fingerprint density at radius 2 is 1.19 bits per heavy atom. The van der Waals surface area contributed by atoms with E-state index in [2.05, 4.69) is 5.32 Å². The molecule has 126 valence electrons. The maximum Gasteiger partial charge on any atom is 0.255 e. The summed E-state index contributed by atoms with van der Waals surface area (Å²) in [5.74, 6) is 0. The lowest BCUT2D eigenvalue weighted by atomic mass is 10.1. The van der Waals surface area contributed by atoms with Gasteiger partial charge in [0.15, 0.2) is 0 Å². The van der Waals surface area contributed by atoms with Crippen molar-refractivity contribution in [1.29, 1.82) is 0 Å². The first-order valence-corrected chi connectivity index (χ1v) is 8.52. The van der Waals surface area contributed by atoms with Gasteiger partial charge < -0.3 is 5.32 Å². The smallest absolute Gasteiger partial charge is 0.255 e. The van der Waals surface area contributed by atoms with Crippen molar-refractivity contribution >= 4 is 11.4 Å². The molecule has 3 heteroatoms. The molecule has 0 aliphatic carbocycles. The second-order valence-electron chi connectivity index (χ2n) is 5.96. The molecule has 0 fully saturated rings. The van der Waals surface area contributed by atoms with E-state index in [-0.39, 0.29) is 5.56 Å². The van der Waals surface area contributed by atoms with Gasteiger partial charge in [-0.2, -0.15) is 0 Å². The Morgan fingerprint density at radius 1 is 0.615 bits per heavy atom. The van der Waals surface area contributed by atoms with Crippen molar-refractivity contribution in [2.75, 3.05) is 5.32 Å². The average Bonchev–Trinajstić information content (AvgIpc) is 2.71. The summed E-state index contributed by atoms with van der Waals surface area (Å²) in [6.07, 6.45) is 0. The van der Waals surface area contributed by atoms with Crippen molar-refractivity contribution in [3.05, 3.63) is 113 Å². The van der Waals surface area contributed by atoms with Gasteiger partial charge in [0.05, 0.1) is 11.4 Å². The highest BCUT2D eigenvalue weighted by molar-refractivity contribution is 5.79. The third-order valence-electron chi connectivity index (χ3n) is 4.21. The molecule has 3 aromatic carbocycles. The number of aromatic nitrogens is 1. The fourth-order valence-corrected chi connectivity index (χ4v) is 3.03. The molecule has 1 heterocycles. The van der Waals surface area contributed by atoms with E-state index in [0.717, 1.165) is 28.3 Å². The van der Waals surface area contributed by atoms with E-state index in [4.69, 9.17) is 0 Å². The topological polar surface area (TPSA) is 34.0 Å². The number of nitrogens with one attached hydrogen (secondary N) is 1. The van der Waals surface area contributed by atoms with Crippen LogP contribution in [-0.4, -0.2) is 4.57 Å². The molecule has 0 aliphatic heterocycles. The lowest BCUT2D eigenvalue weighted by molar-refractivity contribution is 1.00. The molecule has 0 aliphatic rings. The first kappa shape index (κ1) is 15.9. The summed E-state index contributed by atoms with van der Waals surface area (Å²) in [7, 11) is 0. The van der Waals surface area contributed by atoms with Crippen LogP contribution in [0.1, 0.15) is 0 Å². The number of anilines is 2. The van der Waals surface area contributed by atoms with Crippen molar-refractivity contribution in [2.24, 2.45) is 0 Å². The zero-order valence-electron chi connectivity index (χ0n) is 14.2. The monoisotopic (exact) mass is 338 g/mol. The molecule has 0 amide bonds. The minimum atomic E-state index is -0.0614. The quantitative estimate of drug-likeness (QED) is 0.551. The standard InChI is InChI=1S/C23H18N2O/c26-22-17-16-21(24-19-12-6-2-7-13-19)23(18-10-4-1-5-11-18)25(22)20-14-8-3-9-15-20/h1-17,24H. The van der Waals surface area contributed by atoms with Crippen LogP contribution in [0, 0.1) is 0 Å². The van der Waals surface area contributed by atoms with Crippen LogP contribution in [0.15, 0.2) is 108 Å². The molecule has 1 aromatic heterocycles. The first-order chi connectivity index (χ1) is 12.8. The average molecular weight is 338 g/mol. The second kappa shape index (κ2) is 7.11. The number of rotatable bonds is 4. The van der Waals surface area contributed by atoms with Crippen molar-refractivity contribution < 1.29 is 0 Å². The lowest BCUT2D eigenvalue weighted by Gasteiger charge is -2.18. The Bertz CT molecular complexity index is 1060. The van der Waals surface area contributed by atoms with E-state index in [9.17, 15) is 4.79 Å². The van der Waals surface area contributed by atoms with E-state index >= 15 is 0 Å². The van der Waals surface area contributed by atoms with Crippen LogP contribution >= 0.6 is 0 Å². The number of nitrogens with zero attached hydrogens (tertiary/aromatic N) is 1. The van der Waals surface area contributed by atoms with Crippen LogP contribution in [0.2, 0.25) is 0 Å². The summed E-state index contributed by atoms with van der Waals surface area (Å²) >= 11 is 0. The van der Waals surface area contributed by atoms with Gasteiger partial charge in [-0.1, -0.05) is 66.7 Å². The molecule has 0 spiro atoms. The third kappa shape index (κ3) is 3.15. The van der Waals surface area contributed by atoms with Crippen LogP contribution in [0.5, 0.6) is 0 Å². The second-order valence-corrected chi connectivity index (χ2v) is 5.96. The van der Waals surface area contributed by atoms with Gasteiger partial charge in [0.1, 0.15) is 0 Å². The van der Waals surface area contributed by atoms with E-state index < -0.39 is 0 Å². The van der Waals surface area contributed by atoms with E-state index in [1.807, 2.05) is 97.1 Å². The summed E-state index contributed by atoms with van der Waals surface area (Å²) in [4.78, 5) is 12.8. The van der Waals surface area contributed by atoms with Crippen molar-refractivity contribution in [1.82, 2.24) is 4.57 Å². The minimum Gasteiger partial charge on any atom is -0.354 e. The molecule has 3 nitrogen and oxygen atoms in total. The van der Waals surface area contributed by atoms with Crippen LogP contribution in [0.3, 0.4) is 0 Å². The van der Waals surface area contributed by atoms with Crippen molar-refractivity contribution in [2.45, 2.75) is 0 Å². The predicted molar refractivity (Wildman–Crippen MR) is 107 cm³/mol. The molecule has 4 rings (SSSR count). The molecular weight excluding hydrogens is 320 g/mol. The summed E-state index contributed by atoms with van der Waals surface area (Å²) in [5.41, 5.74) is 4.45. The van der Waals surface area contributed by atoms with Crippen LogP contribution in [-0.2, 0) is 0 Å². The van der Waals surface area contributed by atoms with E-state index in [1.54, 1.807) is 10.6 Å². The molecule has 0 radical (unpaired) electrons. The summed E-state index contributed by atoms with van der Waals surface area (Å²) in [6.45, 7) is 0. The highest BCUT2D eigenvalue weighted by atomic mass is 16.1. The minimum absolute atomic E-state index is 0.0614. The predicted octanol–water partition coefficient (Wildman–Crippen LogP) is 5.25. The molecule has 26 heavy (non-hydrogen) atoms. The Kier molecular flexibility index (Phi) is 4.35. The molecule has 0 unspecified atom stereocenters. The Hall–Kier alpha value is -3.59. The first-order valence-electron chi connectivity index (χ1n) is 8.52. The van der Waals surface area contributed by atoms with E-state index in [1.165, 1.54) is 0 Å². The normalized spacial score (nSPS) is 10.5. The molecule has 0 bridgehead atoms. The maximum absolute atomic E-state index is 12.8. The number of para-hydroxylation sites is 2. The van der Waals surface area contributed by atoms with Crippen LogP contribution < -0.4 is 10.9 Å². The zero-order chi connectivity index (χ0) is 17.8. The van der Waals surface area contributed by atoms with Gasteiger partial charge in [-0.3, -0.25) is 9.36 Å². The fraction of sp³-hybridized carbons (Fsp3) is 0. The van der Waals surface area contributed by atoms with Gasteiger partial charge in [0, 0.05) is 23.0 Å². The molecular formula is C23H18N2O. The lowest BCUT2D eigenvalue weighted by Crippen LogP contribution is -2.20. The maximum atomic E-state index is 12.8. The molecule has 0 atom stereocenters. The van der Waals surface area contributed by atoms with Crippen LogP contribution in [0.4, 0.5) is 11.4 Å². The molecule has 1 N–H and O–H groups in total. The van der Waals surface area contributed by atoms with Gasteiger partial charge >= 0.3 is 0 Å². The number of hydrogen-bond acceptors (Lipinski definition) is 2. The number of benzene rings is 3. The highest BCUT2D eigenvalue weighted by Gasteiger charge is 2.14. The highest BCUT2D eigenvalue weighted by Crippen LogP contribution is 2.30. The Balaban J connectivity index is 1.96. The molecule has 0 saturated heterocycles. The van der Waals surface area contributed by atoms with Crippen molar-refractivity contribution in [3.63, 3.8) is 0 Å².